The number of nitrogens with zero attached hydrogens (tertiary/aromatic N) is 1. The number of aromatic nitrogens is 2. The Morgan fingerprint density at radius 3 is 2.56 bits per heavy atom. The van der Waals surface area contributed by atoms with E-state index in [-0.39, 0.29) is 5.56 Å². The maximum absolute atomic E-state index is 11.1. The Kier molecular flexibility index (Phi) is 5.69. The first-order chi connectivity index (χ1) is 8.49. The number of nitrogens with one attached hydrogen (secondary N) is 1. The van der Waals surface area contributed by atoms with Crippen molar-refractivity contribution in [3.05, 3.63) is 45.4 Å². The molecule has 3 nitrogen and oxygen atoms in total. The highest BCUT2D eigenvalue weighted by atomic mass is 16.1. The van der Waals surface area contributed by atoms with Gasteiger partial charge in [-0.2, -0.15) is 0 Å². The molecule has 1 heterocycles. The van der Waals surface area contributed by atoms with Crippen LogP contribution in [0.1, 0.15) is 45.7 Å². The Hall–Kier alpha value is -1.51. The molecule has 1 aromatic heterocycles. The Morgan fingerprint density at radius 1 is 1.28 bits per heavy atom. The van der Waals surface area contributed by atoms with Gasteiger partial charge in [0.15, 0.2) is 0 Å². The molecule has 1 N–H and O–H groups in total. The summed E-state index contributed by atoms with van der Waals surface area (Å²) in [5.74, 6) is 0. The van der Waals surface area contributed by atoms with Crippen molar-refractivity contribution in [1.29, 1.82) is 0 Å². The van der Waals surface area contributed by atoms with Crippen molar-refractivity contribution in [3.63, 3.8) is 0 Å². The molecule has 0 aliphatic rings. The lowest BCUT2D eigenvalue weighted by Crippen LogP contribution is -2.01. The van der Waals surface area contributed by atoms with E-state index in [4.69, 9.17) is 0 Å². The summed E-state index contributed by atoms with van der Waals surface area (Å²) in [6.45, 7) is 6.44. The lowest BCUT2D eigenvalue weighted by Gasteiger charge is -2.01. The molecule has 0 saturated heterocycles. The average Bonchev–Trinajstić information content (AvgIpc) is 2.57. The summed E-state index contributed by atoms with van der Waals surface area (Å²) in [6.07, 6.45) is 8.69. The van der Waals surface area contributed by atoms with Crippen LogP contribution in [-0.2, 0) is 13.5 Å². The number of H-pyrrole nitrogens is 1. The molecule has 1 rings (SSSR count). The number of aromatic amines is 1. The summed E-state index contributed by atoms with van der Waals surface area (Å²) >= 11 is 0. The SMILES string of the molecule is CC(C)=CCC/C(C)=C/CCc1cc(=O)[nH]n1C. The summed E-state index contributed by atoms with van der Waals surface area (Å²) in [6, 6.07) is 1.67. The van der Waals surface area contributed by atoms with Crippen LogP contribution in [0.15, 0.2) is 34.2 Å². The average molecular weight is 248 g/mol. The minimum Gasteiger partial charge on any atom is -0.292 e. The quantitative estimate of drug-likeness (QED) is 0.770. The third kappa shape index (κ3) is 5.21. The number of rotatable bonds is 6. The fourth-order valence-corrected chi connectivity index (χ4v) is 1.91. The van der Waals surface area contributed by atoms with Gasteiger partial charge in [-0.3, -0.25) is 14.6 Å². The molecule has 3 heteroatoms. The molecule has 0 bridgehead atoms. The van der Waals surface area contributed by atoms with Crippen molar-refractivity contribution in [2.24, 2.45) is 7.05 Å². The molecule has 0 unspecified atom stereocenters. The summed E-state index contributed by atoms with van der Waals surface area (Å²) in [5, 5.41) is 2.73. The van der Waals surface area contributed by atoms with Crippen molar-refractivity contribution in [3.8, 4) is 0 Å². The van der Waals surface area contributed by atoms with Gasteiger partial charge in [-0.25, -0.2) is 0 Å². The molecule has 0 fully saturated rings. The Morgan fingerprint density at radius 2 is 2.00 bits per heavy atom. The van der Waals surface area contributed by atoms with E-state index in [9.17, 15) is 4.79 Å². The molecule has 0 amide bonds. The number of aryl methyl sites for hydroxylation is 2. The molecule has 18 heavy (non-hydrogen) atoms. The highest BCUT2D eigenvalue weighted by Crippen LogP contribution is 2.09. The normalized spacial score (nSPS) is 11.7. The predicted molar refractivity (Wildman–Crippen MR) is 76.8 cm³/mol. The first-order valence-electron chi connectivity index (χ1n) is 6.53. The smallest absolute Gasteiger partial charge is 0.264 e. The van der Waals surface area contributed by atoms with Gasteiger partial charge in [0.05, 0.1) is 0 Å². The van der Waals surface area contributed by atoms with Gasteiger partial charge in [-0.15, -0.1) is 0 Å². The summed E-state index contributed by atoms with van der Waals surface area (Å²) < 4.78 is 1.80. The van der Waals surface area contributed by atoms with Crippen molar-refractivity contribution in [1.82, 2.24) is 9.78 Å². The Bertz CT molecular complexity index is 485. The van der Waals surface area contributed by atoms with E-state index >= 15 is 0 Å². The maximum atomic E-state index is 11.1. The van der Waals surface area contributed by atoms with Crippen LogP contribution >= 0.6 is 0 Å². The molecule has 1 aromatic rings. The van der Waals surface area contributed by atoms with Crippen LogP contribution in [-0.4, -0.2) is 9.78 Å². The van der Waals surface area contributed by atoms with Crippen LogP contribution in [0.5, 0.6) is 0 Å². The number of hydrogen-bond donors (Lipinski definition) is 1. The molecule has 0 saturated carbocycles. The van der Waals surface area contributed by atoms with Gasteiger partial charge in [-0.05, 0) is 46.5 Å². The van der Waals surface area contributed by atoms with E-state index in [1.807, 2.05) is 7.05 Å². The standard InChI is InChI=1S/C15H24N2O/c1-12(2)7-5-8-13(3)9-6-10-14-11-15(18)16-17(14)4/h7,9,11H,5-6,8,10H2,1-4H3,(H,16,18)/b13-9+. The maximum Gasteiger partial charge on any atom is 0.264 e. The van der Waals surface area contributed by atoms with E-state index in [1.165, 1.54) is 11.1 Å². The van der Waals surface area contributed by atoms with Gasteiger partial charge in [0.1, 0.15) is 0 Å². The van der Waals surface area contributed by atoms with Crippen LogP contribution in [0.4, 0.5) is 0 Å². The van der Waals surface area contributed by atoms with Gasteiger partial charge in [-0.1, -0.05) is 23.3 Å². The van der Waals surface area contributed by atoms with Crippen molar-refractivity contribution in [2.45, 2.75) is 46.5 Å². The topological polar surface area (TPSA) is 37.8 Å². The Balaban J connectivity index is 2.38. The molecule has 0 aliphatic carbocycles. The fraction of sp³-hybridized carbons (Fsp3) is 0.533. The molecule has 0 aromatic carbocycles. The monoisotopic (exact) mass is 248 g/mol. The van der Waals surface area contributed by atoms with Gasteiger partial charge in [0.25, 0.3) is 5.56 Å². The molecule has 100 valence electrons. The van der Waals surface area contributed by atoms with Gasteiger partial charge in [0, 0.05) is 18.8 Å². The third-order valence-corrected chi connectivity index (χ3v) is 2.99. The van der Waals surface area contributed by atoms with Gasteiger partial charge >= 0.3 is 0 Å². The molecule has 0 radical (unpaired) electrons. The molecular formula is C15H24N2O. The highest BCUT2D eigenvalue weighted by molar-refractivity contribution is 5.06. The van der Waals surface area contributed by atoms with E-state index in [1.54, 1.807) is 10.7 Å². The van der Waals surface area contributed by atoms with Crippen LogP contribution in [0.2, 0.25) is 0 Å². The summed E-state index contributed by atoms with van der Waals surface area (Å²) in [5.41, 5.74) is 3.85. The summed E-state index contributed by atoms with van der Waals surface area (Å²) in [4.78, 5) is 11.1. The number of allylic oxidation sites excluding steroid dienone is 4. The molecule has 0 atom stereocenters. The molecule has 0 spiro atoms. The Labute approximate surface area is 109 Å². The van der Waals surface area contributed by atoms with E-state index in [0.29, 0.717) is 0 Å². The second-order valence-corrected chi connectivity index (χ2v) is 5.08. The zero-order chi connectivity index (χ0) is 13.5. The first kappa shape index (κ1) is 14.6. The van der Waals surface area contributed by atoms with Crippen molar-refractivity contribution in [2.75, 3.05) is 0 Å². The minimum atomic E-state index is -0.0169. The van der Waals surface area contributed by atoms with Crippen LogP contribution in [0, 0.1) is 0 Å². The minimum absolute atomic E-state index is 0.0169. The summed E-state index contributed by atoms with van der Waals surface area (Å²) in [7, 11) is 1.88. The lowest BCUT2D eigenvalue weighted by atomic mass is 10.1. The largest absolute Gasteiger partial charge is 0.292 e. The van der Waals surface area contributed by atoms with E-state index < -0.39 is 0 Å². The van der Waals surface area contributed by atoms with E-state index in [0.717, 1.165) is 31.4 Å². The van der Waals surface area contributed by atoms with Crippen LogP contribution in [0.25, 0.3) is 0 Å². The van der Waals surface area contributed by atoms with Crippen molar-refractivity contribution >= 4 is 0 Å². The van der Waals surface area contributed by atoms with Gasteiger partial charge in [0.2, 0.25) is 0 Å². The second kappa shape index (κ2) is 7.04. The van der Waals surface area contributed by atoms with E-state index in [2.05, 4.69) is 38.0 Å². The van der Waals surface area contributed by atoms with Crippen LogP contribution < -0.4 is 5.56 Å². The third-order valence-electron chi connectivity index (χ3n) is 2.99. The molecule has 0 aliphatic heterocycles. The van der Waals surface area contributed by atoms with Crippen molar-refractivity contribution < 1.29 is 0 Å². The number of hydrogen-bond acceptors (Lipinski definition) is 1. The van der Waals surface area contributed by atoms with Gasteiger partial charge < -0.3 is 0 Å². The second-order valence-electron chi connectivity index (χ2n) is 5.08. The molecular weight excluding hydrogens is 224 g/mol. The zero-order valence-electron chi connectivity index (χ0n) is 11.9. The predicted octanol–water partition coefficient (Wildman–Crippen LogP) is 3.34. The first-order valence-corrected chi connectivity index (χ1v) is 6.53. The zero-order valence-corrected chi connectivity index (χ0v) is 11.9. The highest BCUT2D eigenvalue weighted by Gasteiger charge is 1.99. The lowest BCUT2D eigenvalue weighted by molar-refractivity contribution is 0.699. The van der Waals surface area contributed by atoms with Crippen LogP contribution in [0.3, 0.4) is 0 Å². The fourth-order valence-electron chi connectivity index (χ4n) is 1.91.